The minimum absolute atomic E-state index is 0.100. The van der Waals surface area contributed by atoms with Crippen LogP contribution in [0.4, 0.5) is 4.79 Å². The third-order valence-electron chi connectivity index (χ3n) is 4.40. The summed E-state index contributed by atoms with van der Waals surface area (Å²) in [7, 11) is 0. The quantitative estimate of drug-likeness (QED) is 0.864. The number of nitrogens with one attached hydrogen (secondary N) is 2. The summed E-state index contributed by atoms with van der Waals surface area (Å²) >= 11 is 0. The third-order valence-corrected chi connectivity index (χ3v) is 4.40. The SMILES string of the molecule is Cc1nccc(CNC(=O)NC2CCN(CC3CC3)CC2)n1. The number of urea groups is 1. The molecule has 1 saturated carbocycles. The number of hydrogen-bond acceptors (Lipinski definition) is 4. The number of aromatic nitrogens is 2. The first kappa shape index (κ1) is 15.2. The summed E-state index contributed by atoms with van der Waals surface area (Å²) < 4.78 is 0. The Morgan fingerprint density at radius 3 is 2.77 bits per heavy atom. The van der Waals surface area contributed by atoms with Gasteiger partial charge in [0.05, 0.1) is 12.2 Å². The molecule has 0 aromatic carbocycles. The van der Waals surface area contributed by atoms with E-state index in [4.69, 9.17) is 0 Å². The lowest BCUT2D eigenvalue weighted by Gasteiger charge is -2.32. The van der Waals surface area contributed by atoms with Crippen LogP contribution in [0, 0.1) is 12.8 Å². The minimum atomic E-state index is -0.100. The predicted octanol–water partition coefficient (Wildman–Crippen LogP) is 1.46. The highest BCUT2D eigenvalue weighted by atomic mass is 16.2. The van der Waals surface area contributed by atoms with Gasteiger partial charge in [0.1, 0.15) is 5.82 Å². The van der Waals surface area contributed by atoms with Gasteiger partial charge in [-0.15, -0.1) is 0 Å². The number of hydrogen-bond donors (Lipinski definition) is 2. The number of likely N-dealkylation sites (tertiary alicyclic amines) is 1. The zero-order chi connectivity index (χ0) is 15.4. The molecule has 0 spiro atoms. The van der Waals surface area contributed by atoms with Gasteiger partial charge in [-0.3, -0.25) is 0 Å². The fraction of sp³-hybridized carbons (Fsp3) is 0.688. The summed E-state index contributed by atoms with van der Waals surface area (Å²) in [6.07, 6.45) is 6.62. The molecule has 2 aliphatic rings. The molecule has 0 atom stereocenters. The molecule has 2 heterocycles. The Morgan fingerprint density at radius 2 is 2.09 bits per heavy atom. The Labute approximate surface area is 131 Å². The first-order valence-corrected chi connectivity index (χ1v) is 8.24. The van der Waals surface area contributed by atoms with E-state index in [-0.39, 0.29) is 6.03 Å². The number of carbonyl (C=O) groups is 1. The van der Waals surface area contributed by atoms with Gasteiger partial charge in [0.25, 0.3) is 0 Å². The molecule has 1 aliphatic heterocycles. The smallest absolute Gasteiger partial charge is 0.315 e. The van der Waals surface area contributed by atoms with Gasteiger partial charge < -0.3 is 15.5 Å². The van der Waals surface area contributed by atoms with Gasteiger partial charge in [0.2, 0.25) is 0 Å². The first-order valence-electron chi connectivity index (χ1n) is 8.24. The van der Waals surface area contributed by atoms with Crippen molar-refractivity contribution in [3.63, 3.8) is 0 Å². The zero-order valence-electron chi connectivity index (χ0n) is 13.2. The summed E-state index contributed by atoms with van der Waals surface area (Å²) in [6.45, 7) is 5.75. The molecule has 6 nitrogen and oxygen atoms in total. The van der Waals surface area contributed by atoms with Gasteiger partial charge in [0, 0.05) is 31.9 Å². The van der Waals surface area contributed by atoms with E-state index in [0.717, 1.165) is 43.4 Å². The van der Waals surface area contributed by atoms with Gasteiger partial charge in [-0.1, -0.05) is 0 Å². The molecule has 0 radical (unpaired) electrons. The standard InChI is InChI=1S/C16H25N5O/c1-12-17-7-4-15(19-12)10-18-16(22)20-14-5-8-21(9-6-14)11-13-2-3-13/h4,7,13-14H,2-3,5-6,8-11H2,1H3,(H2,18,20,22). The highest BCUT2D eigenvalue weighted by molar-refractivity contribution is 5.74. The van der Waals surface area contributed by atoms with Crippen molar-refractivity contribution in [3.8, 4) is 0 Å². The van der Waals surface area contributed by atoms with E-state index in [0.29, 0.717) is 12.6 Å². The van der Waals surface area contributed by atoms with Crippen LogP contribution in [0.1, 0.15) is 37.2 Å². The first-order chi connectivity index (χ1) is 10.7. The predicted molar refractivity (Wildman–Crippen MR) is 84.3 cm³/mol. The van der Waals surface area contributed by atoms with E-state index in [1.807, 2.05) is 13.0 Å². The topological polar surface area (TPSA) is 70.2 Å². The zero-order valence-corrected chi connectivity index (χ0v) is 13.2. The molecule has 0 bridgehead atoms. The van der Waals surface area contributed by atoms with Gasteiger partial charge in [-0.05, 0) is 44.6 Å². The molecule has 6 heteroatoms. The van der Waals surface area contributed by atoms with Crippen molar-refractivity contribution in [1.29, 1.82) is 0 Å². The van der Waals surface area contributed by atoms with E-state index < -0.39 is 0 Å². The van der Waals surface area contributed by atoms with Crippen LogP contribution in [-0.4, -0.2) is 46.6 Å². The normalized spacial score (nSPS) is 19.9. The van der Waals surface area contributed by atoms with Crippen LogP contribution in [0.3, 0.4) is 0 Å². The summed E-state index contributed by atoms with van der Waals surface area (Å²) in [6, 6.07) is 2.02. The molecular formula is C16H25N5O. The molecule has 2 fully saturated rings. The van der Waals surface area contributed by atoms with E-state index in [1.165, 1.54) is 19.4 Å². The summed E-state index contributed by atoms with van der Waals surface area (Å²) in [4.78, 5) is 22.8. The number of amides is 2. The fourth-order valence-electron chi connectivity index (χ4n) is 2.94. The number of nitrogens with zero attached hydrogens (tertiary/aromatic N) is 3. The number of aryl methyl sites for hydroxylation is 1. The van der Waals surface area contributed by atoms with Gasteiger partial charge in [-0.25, -0.2) is 14.8 Å². The largest absolute Gasteiger partial charge is 0.335 e. The van der Waals surface area contributed by atoms with Crippen molar-refractivity contribution in [2.45, 2.75) is 45.2 Å². The van der Waals surface area contributed by atoms with Crippen molar-refractivity contribution in [3.05, 3.63) is 23.8 Å². The third kappa shape index (κ3) is 4.66. The second-order valence-electron chi connectivity index (χ2n) is 6.44. The van der Waals surface area contributed by atoms with Crippen LogP contribution in [0.2, 0.25) is 0 Å². The molecule has 120 valence electrons. The van der Waals surface area contributed by atoms with Crippen LogP contribution in [0.15, 0.2) is 12.3 Å². The second-order valence-corrected chi connectivity index (χ2v) is 6.44. The molecule has 1 aromatic heterocycles. The van der Waals surface area contributed by atoms with Crippen molar-refractivity contribution in [1.82, 2.24) is 25.5 Å². The lowest BCUT2D eigenvalue weighted by atomic mass is 10.1. The maximum absolute atomic E-state index is 12.0. The lowest BCUT2D eigenvalue weighted by molar-refractivity contribution is 0.187. The molecule has 1 saturated heterocycles. The van der Waals surface area contributed by atoms with E-state index in [9.17, 15) is 4.79 Å². The Hall–Kier alpha value is -1.69. The number of rotatable bonds is 5. The van der Waals surface area contributed by atoms with Crippen molar-refractivity contribution >= 4 is 6.03 Å². The maximum Gasteiger partial charge on any atom is 0.315 e. The maximum atomic E-state index is 12.0. The summed E-state index contributed by atoms with van der Waals surface area (Å²) in [5, 5.41) is 5.95. The molecule has 0 unspecified atom stereocenters. The van der Waals surface area contributed by atoms with Gasteiger partial charge in [0.15, 0.2) is 0 Å². The number of piperidine rings is 1. The molecule has 1 aromatic rings. The molecule has 3 rings (SSSR count). The van der Waals surface area contributed by atoms with E-state index in [2.05, 4.69) is 25.5 Å². The Morgan fingerprint density at radius 1 is 1.32 bits per heavy atom. The Kier molecular flexibility index (Phi) is 4.87. The van der Waals surface area contributed by atoms with Crippen molar-refractivity contribution in [2.24, 2.45) is 5.92 Å². The van der Waals surface area contributed by atoms with Crippen LogP contribution < -0.4 is 10.6 Å². The van der Waals surface area contributed by atoms with Crippen LogP contribution >= 0.6 is 0 Å². The van der Waals surface area contributed by atoms with E-state index in [1.54, 1.807) is 6.20 Å². The average Bonchev–Trinajstić information content (AvgIpc) is 3.31. The molecule has 2 amide bonds. The van der Waals surface area contributed by atoms with Gasteiger partial charge in [-0.2, -0.15) is 0 Å². The van der Waals surface area contributed by atoms with Crippen LogP contribution in [0.5, 0.6) is 0 Å². The lowest BCUT2D eigenvalue weighted by Crippen LogP contribution is -2.48. The Bertz CT molecular complexity index is 509. The average molecular weight is 303 g/mol. The van der Waals surface area contributed by atoms with Crippen LogP contribution in [-0.2, 0) is 6.54 Å². The summed E-state index contributed by atoms with van der Waals surface area (Å²) in [5.74, 6) is 1.67. The minimum Gasteiger partial charge on any atom is -0.335 e. The number of carbonyl (C=O) groups excluding carboxylic acids is 1. The fourth-order valence-corrected chi connectivity index (χ4v) is 2.94. The monoisotopic (exact) mass is 303 g/mol. The van der Waals surface area contributed by atoms with Crippen molar-refractivity contribution in [2.75, 3.05) is 19.6 Å². The van der Waals surface area contributed by atoms with Crippen LogP contribution in [0.25, 0.3) is 0 Å². The molecule has 2 N–H and O–H groups in total. The highest BCUT2D eigenvalue weighted by Crippen LogP contribution is 2.30. The van der Waals surface area contributed by atoms with Gasteiger partial charge >= 0.3 is 6.03 Å². The molecule has 22 heavy (non-hydrogen) atoms. The Balaban J connectivity index is 1.35. The second kappa shape index (κ2) is 7.05. The molecule has 1 aliphatic carbocycles. The highest BCUT2D eigenvalue weighted by Gasteiger charge is 2.27. The van der Waals surface area contributed by atoms with Crippen molar-refractivity contribution < 1.29 is 4.79 Å². The summed E-state index contributed by atoms with van der Waals surface area (Å²) in [5.41, 5.74) is 0.835. The molecular weight excluding hydrogens is 278 g/mol. The van der Waals surface area contributed by atoms with E-state index >= 15 is 0 Å².